The Bertz CT molecular complexity index is 405. The molecular weight excluding hydrogens is 202 g/mol. The Hall–Kier alpha value is -1.67. The van der Waals surface area contributed by atoms with Gasteiger partial charge in [-0.15, -0.1) is 0 Å². The van der Waals surface area contributed by atoms with Gasteiger partial charge in [0, 0.05) is 6.92 Å². The van der Waals surface area contributed by atoms with E-state index >= 15 is 0 Å². The summed E-state index contributed by atoms with van der Waals surface area (Å²) in [5, 5.41) is 8.50. The summed E-state index contributed by atoms with van der Waals surface area (Å²) in [6, 6.07) is 7.92. The lowest BCUT2D eigenvalue weighted by Gasteiger charge is -1.99. The summed E-state index contributed by atoms with van der Waals surface area (Å²) in [4.78, 5) is 10.8. The van der Waals surface area contributed by atoms with Crippen molar-refractivity contribution in [3.05, 3.63) is 29.8 Å². The average molecular weight is 209 g/mol. The van der Waals surface area contributed by atoms with Gasteiger partial charge in [0.15, 0.2) is 0 Å². The van der Waals surface area contributed by atoms with Gasteiger partial charge in [-0.2, -0.15) is 5.26 Å². The van der Waals surface area contributed by atoms with E-state index in [2.05, 4.69) is 4.18 Å². The van der Waals surface area contributed by atoms with Crippen LogP contribution in [0.5, 0.6) is 0 Å². The lowest BCUT2D eigenvalue weighted by atomic mass is 10.2. The van der Waals surface area contributed by atoms with Crippen LogP contribution in [0, 0.1) is 11.3 Å². The fourth-order valence-electron chi connectivity index (χ4n) is 0.795. The number of benzene rings is 1. The summed E-state index contributed by atoms with van der Waals surface area (Å²) in [5.74, 6) is -0.604. The Kier molecular flexibility index (Phi) is 3.37. The molecule has 0 saturated carbocycles. The largest absolute Gasteiger partial charge is 0.361 e. The van der Waals surface area contributed by atoms with Crippen LogP contribution in [0.2, 0.25) is 0 Å². The fourth-order valence-corrected chi connectivity index (χ4v) is 1.46. The highest BCUT2D eigenvalue weighted by Gasteiger charge is 2.06. The molecule has 14 heavy (non-hydrogen) atoms. The third-order valence-electron chi connectivity index (χ3n) is 1.37. The van der Waals surface area contributed by atoms with Gasteiger partial charge in [0.1, 0.15) is 0 Å². The number of carbonyl (C=O) groups excluding carboxylic acids is 1. The van der Waals surface area contributed by atoms with Crippen molar-refractivity contribution in [3.63, 3.8) is 0 Å². The van der Waals surface area contributed by atoms with Crippen LogP contribution in [-0.2, 0) is 20.1 Å². The van der Waals surface area contributed by atoms with Gasteiger partial charge < -0.3 is 4.18 Å². The van der Waals surface area contributed by atoms with E-state index in [1.165, 1.54) is 31.2 Å². The minimum absolute atomic E-state index is 0.360. The van der Waals surface area contributed by atoms with Crippen LogP contribution >= 0.6 is 0 Å². The Balaban J connectivity index is 2.83. The van der Waals surface area contributed by atoms with Gasteiger partial charge in [-0.25, -0.2) is 4.21 Å². The van der Waals surface area contributed by atoms with Crippen molar-refractivity contribution in [2.75, 3.05) is 0 Å². The van der Waals surface area contributed by atoms with E-state index < -0.39 is 17.0 Å². The number of rotatable bonds is 2. The number of hydrogen-bond donors (Lipinski definition) is 0. The maximum atomic E-state index is 11.2. The van der Waals surface area contributed by atoms with Crippen molar-refractivity contribution in [2.24, 2.45) is 0 Å². The molecule has 1 aromatic carbocycles. The highest BCUT2D eigenvalue weighted by atomic mass is 32.2. The summed E-state index contributed by atoms with van der Waals surface area (Å²) in [5.41, 5.74) is 0.466. The van der Waals surface area contributed by atoms with Crippen molar-refractivity contribution >= 4 is 17.0 Å². The normalized spacial score (nSPS) is 11.4. The topological polar surface area (TPSA) is 67.2 Å². The number of nitrogens with zero attached hydrogens (tertiary/aromatic N) is 1. The maximum absolute atomic E-state index is 11.2. The minimum Gasteiger partial charge on any atom is -0.361 e. The van der Waals surface area contributed by atoms with Crippen LogP contribution in [0.4, 0.5) is 0 Å². The molecular formula is C9H7NO3S. The van der Waals surface area contributed by atoms with E-state index in [1.807, 2.05) is 6.07 Å². The molecule has 0 aromatic heterocycles. The molecule has 0 saturated heterocycles. The molecule has 4 nitrogen and oxygen atoms in total. The van der Waals surface area contributed by atoms with Gasteiger partial charge in [-0.05, 0) is 24.3 Å². The lowest BCUT2D eigenvalue weighted by molar-refractivity contribution is -0.130. The van der Waals surface area contributed by atoms with Gasteiger partial charge >= 0.3 is 5.97 Å². The molecule has 1 atom stereocenters. The van der Waals surface area contributed by atoms with Gasteiger partial charge in [0.25, 0.3) is 0 Å². The molecule has 72 valence electrons. The van der Waals surface area contributed by atoms with Gasteiger partial charge in [0.2, 0.25) is 11.1 Å². The first-order chi connectivity index (χ1) is 6.63. The third-order valence-corrected chi connectivity index (χ3v) is 2.41. The Morgan fingerprint density at radius 3 is 2.43 bits per heavy atom. The van der Waals surface area contributed by atoms with Crippen LogP contribution in [0.3, 0.4) is 0 Å². The van der Waals surface area contributed by atoms with Crippen molar-refractivity contribution in [1.29, 1.82) is 5.26 Å². The molecule has 1 aromatic rings. The summed E-state index contributed by atoms with van der Waals surface area (Å²) in [7, 11) is 0. The van der Waals surface area contributed by atoms with E-state index in [0.717, 1.165) is 0 Å². The zero-order chi connectivity index (χ0) is 10.6. The molecule has 0 aliphatic heterocycles. The summed E-state index contributed by atoms with van der Waals surface area (Å²) >= 11 is -1.78. The second-order valence-electron chi connectivity index (χ2n) is 2.45. The van der Waals surface area contributed by atoms with Crippen molar-refractivity contribution < 1.29 is 13.2 Å². The fraction of sp³-hybridized carbons (Fsp3) is 0.111. The highest BCUT2D eigenvalue weighted by molar-refractivity contribution is 7.80. The zero-order valence-electron chi connectivity index (χ0n) is 7.39. The molecule has 0 radical (unpaired) electrons. The predicted octanol–water partition coefficient (Wildman–Crippen LogP) is 1.14. The van der Waals surface area contributed by atoms with E-state index in [-0.39, 0.29) is 0 Å². The van der Waals surface area contributed by atoms with E-state index in [4.69, 9.17) is 5.26 Å². The molecule has 0 aliphatic rings. The summed E-state index contributed by atoms with van der Waals surface area (Å²) in [6.45, 7) is 1.18. The zero-order valence-corrected chi connectivity index (χ0v) is 8.21. The van der Waals surface area contributed by atoms with Gasteiger partial charge in [-0.1, -0.05) is 0 Å². The molecule has 0 bridgehead atoms. The Labute approximate surface area is 83.8 Å². The minimum atomic E-state index is -1.78. The van der Waals surface area contributed by atoms with E-state index in [1.54, 1.807) is 0 Å². The smallest absolute Gasteiger partial charge is 0.317 e. The lowest BCUT2D eigenvalue weighted by Crippen LogP contribution is -2.02. The predicted molar refractivity (Wildman–Crippen MR) is 49.3 cm³/mol. The van der Waals surface area contributed by atoms with Crippen molar-refractivity contribution in [1.82, 2.24) is 0 Å². The molecule has 1 unspecified atom stereocenters. The molecule has 5 heteroatoms. The van der Waals surface area contributed by atoms with Crippen LogP contribution in [0.25, 0.3) is 0 Å². The van der Waals surface area contributed by atoms with Crippen LogP contribution in [0.15, 0.2) is 29.2 Å². The molecule has 0 aliphatic carbocycles. The number of hydrogen-bond acceptors (Lipinski definition) is 4. The first kappa shape index (κ1) is 10.4. The summed E-state index contributed by atoms with van der Waals surface area (Å²) in [6.07, 6.45) is 0. The number of carbonyl (C=O) groups is 1. The molecule has 0 amide bonds. The third kappa shape index (κ3) is 2.68. The van der Waals surface area contributed by atoms with Crippen LogP contribution in [0.1, 0.15) is 12.5 Å². The van der Waals surface area contributed by atoms with Crippen LogP contribution in [-0.4, -0.2) is 10.2 Å². The molecule has 1 rings (SSSR count). The van der Waals surface area contributed by atoms with Crippen molar-refractivity contribution in [2.45, 2.75) is 11.8 Å². The monoisotopic (exact) mass is 209 g/mol. The van der Waals surface area contributed by atoms with Gasteiger partial charge in [-0.3, -0.25) is 4.79 Å². The summed E-state index contributed by atoms with van der Waals surface area (Å²) < 4.78 is 15.7. The highest BCUT2D eigenvalue weighted by Crippen LogP contribution is 2.09. The molecule has 0 heterocycles. The van der Waals surface area contributed by atoms with Gasteiger partial charge in [0.05, 0.1) is 16.5 Å². The first-order valence-corrected chi connectivity index (χ1v) is 4.82. The van der Waals surface area contributed by atoms with Crippen LogP contribution < -0.4 is 0 Å². The molecule has 0 spiro atoms. The van der Waals surface area contributed by atoms with Crippen molar-refractivity contribution in [3.8, 4) is 6.07 Å². The molecule has 0 N–H and O–H groups in total. The Morgan fingerprint density at radius 2 is 2.00 bits per heavy atom. The van der Waals surface area contributed by atoms with E-state index in [0.29, 0.717) is 10.5 Å². The average Bonchev–Trinajstić information content (AvgIpc) is 2.17. The SMILES string of the molecule is CC(=O)OS(=O)c1ccc(C#N)cc1. The second kappa shape index (κ2) is 4.53. The second-order valence-corrected chi connectivity index (χ2v) is 3.55. The molecule has 0 fully saturated rings. The maximum Gasteiger partial charge on any atom is 0.317 e. The van der Waals surface area contributed by atoms with E-state index in [9.17, 15) is 9.00 Å². The standard InChI is InChI=1S/C9H7NO3S/c1-7(11)13-14(12)9-4-2-8(6-10)3-5-9/h2-5H,1H3. The number of nitriles is 1. The first-order valence-electron chi connectivity index (χ1n) is 3.74. The quantitative estimate of drug-likeness (QED) is 0.732. The Morgan fingerprint density at radius 1 is 1.43 bits per heavy atom.